The third-order valence-electron chi connectivity index (χ3n) is 4.33. The molecule has 0 spiro atoms. The molecular formula is C25H20ClIN2O3. The summed E-state index contributed by atoms with van der Waals surface area (Å²) in [4.78, 5) is 12.3. The highest BCUT2D eigenvalue weighted by atomic mass is 127. The zero-order valence-corrected chi connectivity index (χ0v) is 20.2. The molecule has 0 aliphatic carbocycles. The number of para-hydroxylation sites is 1. The van der Waals surface area contributed by atoms with Gasteiger partial charge in [-0.25, -0.2) is 0 Å². The lowest BCUT2D eigenvalue weighted by atomic mass is 10.0. The second-order valence-corrected chi connectivity index (χ2v) is 8.18. The van der Waals surface area contributed by atoms with Crippen molar-refractivity contribution in [3.8, 4) is 17.6 Å². The van der Waals surface area contributed by atoms with Crippen LogP contribution in [0, 0.1) is 14.9 Å². The Labute approximate surface area is 205 Å². The van der Waals surface area contributed by atoms with Crippen LogP contribution in [0.3, 0.4) is 0 Å². The number of nitrogens with zero attached hydrogens (tertiary/aromatic N) is 1. The third-order valence-corrected chi connectivity index (χ3v) is 5.46. The number of allylic oxidation sites excluding steroid dienone is 1. The van der Waals surface area contributed by atoms with Crippen LogP contribution in [-0.2, 0) is 4.79 Å². The standard InChI is InChI=1S/C25H20ClIN2O3/c1-2-31-23-14-17(12-18(15-28)20-10-6-7-11-21(20)26)13-22(27)25(23)32-16-24(30)29-19-8-4-3-5-9-19/h3-14H,2,16H2,1H3,(H,29,30). The van der Waals surface area contributed by atoms with Crippen LogP contribution in [0.4, 0.5) is 5.69 Å². The van der Waals surface area contributed by atoms with E-state index >= 15 is 0 Å². The molecule has 0 aliphatic heterocycles. The van der Waals surface area contributed by atoms with Gasteiger partial charge in [-0.3, -0.25) is 4.79 Å². The maximum Gasteiger partial charge on any atom is 0.262 e. The first-order valence-electron chi connectivity index (χ1n) is 9.82. The fraction of sp³-hybridized carbons (Fsp3) is 0.120. The smallest absolute Gasteiger partial charge is 0.262 e. The van der Waals surface area contributed by atoms with Crippen molar-refractivity contribution in [2.24, 2.45) is 0 Å². The van der Waals surface area contributed by atoms with Gasteiger partial charge in [0, 0.05) is 16.3 Å². The number of nitriles is 1. The molecule has 7 heteroatoms. The Balaban J connectivity index is 1.84. The predicted molar refractivity (Wildman–Crippen MR) is 136 cm³/mol. The Bertz CT molecular complexity index is 1170. The highest BCUT2D eigenvalue weighted by Gasteiger charge is 2.15. The van der Waals surface area contributed by atoms with Gasteiger partial charge in [0.15, 0.2) is 18.1 Å². The molecule has 3 rings (SSSR count). The molecule has 0 fully saturated rings. The monoisotopic (exact) mass is 558 g/mol. The molecule has 162 valence electrons. The first kappa shape index (κ1) is 23.6. The molecule has 0 atom stereocenters. The summed E-state index contributed by atoms with van der Waals surface area (Å²) in [5, 5.41) is 12.9. The number of nitrogens with one attached hydrogen (secondary N) is 1. The van der Waals surface area contributed by atoms with Crippen molar-refractivity contribution in [3.05, 3.63) is 86.4 Å². The lowest BCUT2D eigenvalue weighted by Gasteiger charge is -2.15. The molecule has 5 nitrogen and oxygen atoms in total. The first-order valence-corrected chi connectivity index (χ1v) is 11.3. The molecule has 3 aromatic rings. The molecule has 0 saturated carbocycles. The van der Waals surface area contributed by atoms with Crippen molar-refractivity contribution in [2.75, 3.05) is 18.5 Å². The van der Waals surface area contributed by atoms with Crippen LogP contribution in [0.1, 0.15) is 18.1 Å². The molecule has 0 aliphatic rings. The summed E-state index contributed by atoms with van der Waals surface area (Å²) in [6.45, 7) is 2.13. The summed E-state index contributed by atoms with van der Waals surface area (Å²) in [6, 6.07) is 22.2. The Morgan fingerprint density at radius 1 is 1.12 bits per heavy atom. The quantitative estimate of drug-likeness (QED) is 0.197. The number of hydrogen-bond acceptors (Lipinski definition) is 4. The minimum atomic E-state index is -0.274. The molecule has 0 unspecified atom stereocenters. The van der Waals surface area contributed by atoms with Gasteiger partial charge >= 0.3 is 0 Å². The van der Waals surface area contributed by atoms with Crippen molar-refractivity contribution < 1.29 is 14.3 Å². The average molecular weight is 559 g/mol. The number of carbonyl (C=O) groups excluding carboxylic acids is 1. The molecule has 0 bridgehead atoms. The lowest BCUT2D eigenvalue weighted by molar-refractivity contribution is -0.118. The normalized spacial score (nSPS) is 10.9. The summed E-state index contributed by atoms with van der Waals surface area (Å²) in [7, 11) is 0. The Morgan fingerprint density at radius 2 is 1.84 bits per heavy atom. The van der Waals surface area contributed by atoms with Crippen LogP contribution >= 0.6 is 34.2 Å². The van der Waals surface area contributed by atoms with Crippen LogP contribution in [-0.4, -0.2) is 19.1 Å². The minimum absolute atomic E-state index is 0.163. The van der Waals surface area contributed by atoms with Crippen molar-refractivity contribution in [1.82, 2.24) is 0 Å². The van der Waals surface area contributed by atoms with Gasteiger partial charge in [-0.15, -0.1) is 0 Å². The topological polar surface area (TPSA) is 71.3 Å². The summed E-state index contributed by atoms with van der Waals surface area (Å²) in [5.74, 6) is 0.697. The van der Waals surface area contributed by atoms with E-state index in [9.17, 15) is 10.1 Å². The Morgan fingerprint density at radius 3 is 2.53 bits per heavy atom. The van der Waals surface area contributed by atoms with Crippen LogP contribution in [0.5, 0.6) is 11.5 Å². The molecule has 1 N–H and O–H groups in total. The molecule has 0 heterocycles. The zero-order valence-electron chi connectivity index (χ0n) is 17.3. The van der Waals surface area contributed by atoms with Gasteiger partial charge in [-0.2, -0.15) is 5.26 Å². The van der Waals surface area contributed by atoms with E-state index in [-0.39, 0.29) is 12.5 Å². The van der Waals surface area contributed by atoms with Crippen molar-refractivity contribution in [3.63, 3.8) is 0 Å². The summed E-state index contributed by atoms with van der Waals surface area (Å²) in [6.07, 6.45) is 1.75. The molecular weight excluding hydrogens is 539 g/mol. The van der Waals surface area contributed by atoms with Crippen molar-refractivity contribution in [2.45, 2.75) is 6.92 Å². The minimum Gasteiger partial charge on any atom is -0.490 e. The molecule has 3 aromatic carbocycles. The van der Waals surface area contributed by atoms with E-state index < -0.39 is 0 Å². The second kappa shape index (κ2) is 11.6. The Hall–Kier alpha value is -3.02. The molecule has 1 amide bonds. The second-order valence-electron chi connectivity index (χ2n) is 6.62. The number of benzene rings is 3. The number of carbonyl (C=O) groups is 1. The molecule has 0 saturated heterocycles. The van der Waals surface area contributed by atoms with Gasteiger partial charge in [-0.1, -0.05) is 48.0 Å². The van der Waals surface area contributed by atoms with Crippen molar-refractivity contribution >= 4 is 57.4 Å². The van der Waals surface area contributed by atoms with Gasteiger partial charge in [0.1, 0.15) is 0 Å². The van der Waals surface area contributed by atoms with Crippen LogP contribution in [0.25, 0.3) is 11.6 Å². The Kier molecular flexibility index (Phi) is 8.54. The van der Waals surface area contributed by atoms with Gasteiger partial charge in [-0.05, 0) is 71.5 Å². The number of amides is 1. The van der Waals surface area contributed by atoms with Gasteiger partial charge in [0.25, 0.3) is 5.91 Å². The maximum absolute atomic E-state index is 12.3. The number of ether oxygens (including phenoxy) is 2. The lowest BCUT2D eigenvalue weighted by Crippen LogP contribution is -2.20. The number of anilines is 1. The van der Waals surface area contributed by atoms with Gasteiger partial charge in [0.2, 0.25) is 0 Å². The fourth-order valence-electron chi connectivity index (χ4n) is 2.95. The van der Waals surface area contributed by atoms with Crippen LogP contribution in [0.15, 0.2) is 66.7 Å². The maximum atomic E-state index is 12.3. The number of rotatable bonds is 8. The first-order chi connectivity index (χ1) is 15.5. The van der Waals surface area contributed by atoms with E-state index in [1.54, 1.807) is 36.4 Å². The highest BCUT2D eigenvalue weighted by Crippen LogP contribution is 2.36. The largest absolute Gasteiger partial charge is 0.490 e. The fourth-order valence-corrected chi connectivity index (χ4v) is 3.97. The van der Waals surface area contributed by atoms with E-state index in [1.165, 1.54) is 0 Å². The summed E-state index contributed by atoms with van der Waals surface area (Å²) >= 11 is 8.38. The van der Waals surface area contributed by atoms with Crippen LogP contribution in [0.2, 0.25) is 5.02 Å². The average Bonchev–Trinajstić information content (AvgIpc) is 2.78. The van der Waals surface area contributed by atoms with E-state index in [1.807, 2.05) is 43.3 Å². The summed E-state index contributed by atoms with van der Waals surface area (Å²) < 4.78 is 12.3. The molecule has 0 aromatic heterocycles. The van der Waals surface area contributed by atoms with E-state index in [4.69, 9.17) is 21.1 Å². The number of hydrogen-bond donors (Lipinski definition) is 1. The third kappa shape index (κ3) is 6.25. The highest BCUT2D eigenvalue weighted by molar-refractivity contribution is 14.1. The van der Waals surface area contributed by atoms with E-state index in [0.29, 0.717) is 40.0 Å². The molecule has 32 heavy (non-hydrogen) atoms. The van der Waals surface area contributed by atoms with Crippen LogP contribution < -0.4 is 14.8 Å². The zero-order chi connectivity index (χ0) is 22.9. The SMILES string of the molecule is CCOc1cc(C=C(C#N)c2ccccc2Cl)cc(I)c1OCC(=O)Nc1ccccc1. The predicted octanol–water partition coefficient (Wildman–Crippen LogP) is 6.42. The van der Waals surface area contributed by atoms with Gasteiger partial charge < -0.3 is 14.8 Å². The van der Waals surface area contributed by atoms with Gasteiger partial charge in [0.05, 0.1) is 21.8 Å². The molecule has 0 radical (unpaired) electrons. The van der Waals surface area contributed by atoms with Crippen molar-refractivity contribution in [1.29, 1.82) is 5.26 Å². The van der Waals surface area contributed by atoms with E-state index in [0.717, 1.165) is 9.13 Å². The number of halogens is 2. The summed E-state index contributed by atoms with van der Waals surface area (Å²) in [5.41, 5.74) is 2.55. The van der Waals surface area contributed by atoms with E-state index in [2.05, 4.69) is 34.0 Å².